The van der Waals surface area contributed by atoms with E-state index in [-0.39, 0.29) is 5.91 Å². The smallest absolute Gasteiger partial charge is 0.244 e. The molecule has 31 heavy (non-hydrogen) atoms. The third kappa shape index (κ3) is 6.15. The van der Waals surface area contributed by atoms with Crippen LogP contribution in [0.4, 0.5) is 5.69 Å². The van der Waals surface area contributed by atoms with E-state index >= 15 is 0 Å². The van der Waals surface area contributed by atoms with Gasteiger partial charge in [0.1, 0.15) is 5.75 Å². The first-order valence-corrected chi connectivity index (χ1v) is 10.4. The minimum atomic E-state index is -0.109. The summed E-state index contributed by atoms with van der Waals surface area (Å²) in [5.41, 5.74) is 2.01. The Balaban J connectivity index is 1.41. The van der Waals surface area contributed by atoms with Crippen LogP contribution in [0.2, 0.25) is 0 Å². The van der Waals surface area contributed by atoms with Gasteiger partial charge in [0.25, 0.3) is 0 Å². The van der Waals surface area contributed by atoms with E-state index < -0.39 is 0 Å². The Morgan fingerprint density at radius 2 is 1.65 bits per heavy atom. The van der Waals surface area contributed by atoms with Crippen LogP contribution in [0.1, 0.15) is 5.56 Å². The van der Waals surface area contributed by atoms with Crippen molar-refractivity contribution in [3.05, 3.63) is 54.1 Å². The van der Waals surface area contributed by atoms with E-state index in [1.165, 1.54) is 0 Å². The summed E-state index contributed by atoms with van der Waals surface area (Å²) >= 11 is 0. The number of rotatable bonds is 9. The molecule has 2 aromatic carbocycles. The second-order valence-corrected chi connectivity index (χ2v) is 7.24. The van der Waals surface area contributed by atoms with E-state index in [4.69, 9.17) is 14.2 Å². The molecule has 1 N–H and O–H groups in total. The number of benzene rings is 2. The van der Waals surface area contributed by atoms with Gasteiger partial charge in [0.15, 0.2) is 11.5 Å². The van der Waals surface area contributed by atoms with Crippen LogP contribution in [0.5, 0.6) is 17.2 Å². The summed E-state index contributed by atoms with van der Waals surface area (Å²) < 4.78 is 16.0. The van der Waals surface area contributed by atoms with Crippen LogP contribution in [0.25, 0.3) is 6.08 Å². The second-order valence-electron chi connectivity index (χ2n) is 7.24. The van der Waals surface area contributed by atoms with E-state index in [1.807, 2.05) is 36.4 Å². The van der Waals surface area contributed by atoms with Crippen molar-refractivity contribution < 1.29 is 19.0 Å². The molecule has 0 unspecified atom stereocenters. The Bertz CT molecular complexity index is 892. The van der Waals surface area contributed by atoms with Crippen LogP contribution in [0.3, 0.4) is 0 Å². The first kappa shape index (κ1) is 22.5. The molecule has 2 aromatic rings. The molecule has 0 radical (unpaired) electrons. The number of carbonyl (C=O) groups excluding carboxylic acids is 1. The summed E-state index contributed by atoms with van der Waals surface area (Å²) in [6.45, 7) is 5.23. The highest BCUT2D eigenvalue weighted by Crippen LogP contribution is 2.29. The number of nitrogens with one attached hydrogen (secondary N) is 1. The lowest BCUT2D eigenvalue weighted by atomic mass is 10.2. The average Bonchev–Trinajstić information content (AvgIpc) is 2.83. The molecule has 1 heterocycles. The molecule has 0 aliphatic carbocycles. The molecule has 0 aromatic heterocycles. The normalized spacial score (nSPS) is 14.5. The van der Waals surface area contributed by atoms with Crippen LogP contribution in [0, 0.1) is 0 Å². The summed E-state index contributed by atoms with van der Waals surface area (Å²) in [6.07, 6.45) is 3.31. The summed E-state index contributed by atoms with van der Waals surface area (Å²) in [4.78, 5) is 16.9. The fourth-order valence-electron chi connectivity index (χ4n) is 3.63. The number of anilines is 1. The van der Waals surface area contributed by atoms with Crippen molar-refractivity contribution in [2.24, 2.45) is 0 Å². The van der Waals surface area contributed by atoms with Crippen LogP contribution in [0.15, 0.2) is 48.5 Å². The summed E-state index contributed by atoms with van der Waals surface area (Å²) in [7, 11) is 4.89. The van der Waals surface area contributed by atoms with Crippen molar-refractivity contribution in [1.82, 2.24) is 10.2 Å². The van der Waals surface area contributed by atoms with Crippen molar-refractivity contribution >= 4 is 17.7 Å². The van der Waals surface area contributed by atoms with Crippen molar-refractivity contribution in [3.8, 4) is 17.2 Å². The highest BCUT2D eigenvalue weighted by atomic mass is 16.5. The molecule has 7 heteroatoms. The van der Waals surface area contributed by atoms with Crippen LogP contribution in [-0.4, -0.2) is 71.4 Å². The molecule has 0 saturated carbocycles. The zero-order valence-electron chi connectivity index (χ0n) is 18.5. The number of nitrogens with zero attached hydrogens (tertiary/aromatic N) is 2. The van der Waals surface area contributed by atoms with Crippen molar-refractivity contribution in [3.63, 3.8) is 0 Å². The maximum absolute atomic E-state index is 12.1. The maximum Gasteiger partial charge on any atom is 0.244 e. The lowest BCUT2D eigenvalue weighted by Gasteiger charge is -2.36. The molecule has 1 saturated heterocycles. The zero-order valence-corrected chi connectivity index (χ0v) is 18.5. The van der Waals surface area contributed by atoms with Gasteiger partial charge in [-0.05, 0) is 35.9 Å². The Morgan fingerprint density at radius 1 is 0.935 bits per heavy atom. The number of ether oxygens (including phenoxy) is 3. The molecule has 1 aliphatic heterocycles. The Labute approximate surface area is 184 Å². The fourth-order valence-corrected chi connectivity index (χ4v) is 3.63. The lowest BCUT2D eigenvalue weighted by Crippen LogP contribution is -2.48. The summed E-state index contributed by atoms with van der Waals surface area (Å²) in [6, 6.07) is 13.7. The van der Waals surface area contributed by atoms with Gasteiger partial charge >= 0.3 is 0 Å². The fraction of sp³-hybridized carbons (Fsp3) is 0.375. The lowest BCUT2D eigenvalue weighted by molar-refractivity contribution is -0.116. The van der Waals surface area contributed by atoms with Crippen molar-refractivity contribution in [1.29, 1.82) is 0 Å². The SMILES string of the molecule is COc1ccc(/C=C/C(=O)NCCN2CCN(c3ccccc3OC)CC2)cc1OC. The van der Waals surface area contributed by atoms with Crippen LogP contribution < -0.4 is 24.4 Å². The molecule has 7 nitrogen and oxygen atoms in total. The van der Waals surface area contributed by atoms with E-state index in [0.717, 1.165) is 49.7 Å². The summed E-state index contributed by atoms with van der Waals surface area (Å²) in [5.74, 6) is 2.10. The van der Waals surface area contributed by atoms with E-state index in [2.05, 4.69) is 21.2 Å². The quantitative estimate of drug-likeness (QED) is 0.624. The molecule has 3 rings (SSSR count). The molecule has 0 atom stereocenters. The predicted molar refractivity (Wildman–Crippen MR) is 123 cm³/mol. The largest absolute Gasteiger partial charge is 0.495 e. The van der Waals surface area contributed by atoms with E-state index in [0.29, 0.717) is 18.0 Å². The molecule has 1 aliphatic rings. The zero-order chi connectivity index (χ0) is 22.1. The summed E-state index contributed by atoms with van der Waals surface area (Å²) in [5, 5.41) is 2.96. The van der Waals surface area contributed by atoms with Gasteiger partial charge in [0, 0.05) is 45.3 Å². The predicted octanol–water partition coefficient (Wildman–Crippen LogP) is 2.66. The molecule has 1 fully saturated rings. The first-order chi connectivity index (χ1) is 15.1. The van der Waals surface area contributed by atoms with Crippen molar-refractivity contribution in [2.75, 3.05) is 65.5 Å². The molecular weight excluding hydrogens is 394 g/mol. The molecule has 0 bridgehead atoms. The highest BCUT2D eigenvalue weighted by molar-refractivity contribution is 5.91. The Hall–Kier alpha value is -3.19. The number of hydrogen-bond donors (Lipinski definition) is 1. The number of hydrogen-bond acceptors (Lipinski definition) is 6. The van der Waals surface area contributed by atoms with Gasteiger partial charge in [0.2, 0.25) is 5.91 Å². The van der Waals surface area contributed by atoms with Gasteiger partial charge in [-0.25, -0.2) is 0 Å². The van der Waals surface area contributed by atoms with E-state index in [9.17, 15) is 4.79 Å². The van der Waals surface area contributed by atoms with Crippen molar-refractivity contribution in [2.45, 2.75) is 0 Å². The van der Waals surface area contributed by atoms with Gasteiger partial charge in [-0.3, -0.25) is 9.69 Å². The second kappa shape index (κ2) is 11.3. The number of carbonyl (C=O) groups is 1. The molecular formula is C24H31N3O4. The first-order valence-electron chi connectivity index (χ1n) is 10.4. The molecule has 166 valence electrons. The van der Waals surface area contributed by atoms with Gasteiger partial charge < -0.3 is 24.4 Å². The molecule has 1 amide bonds. The number of para-hydroxylation sites is 2. The average molecular weight is 426 g/mol. The molecule has 0 spiro atoms. The number of piperazine rings is 1. The topological polar surface area (TPSA) is 63.3 Å². The monoisotopic (exact) mass is 425 g/mol. The number of methoxy groups -OCH3 is 3. The Morgan fingerprint density at radius 3 is 2.35 bits per heavy atom. The maximum atomic E-state index is 12.1. The Kier molecular flexibility index (Phi) is 8.18. The highest BCUT2D eigenvalue weighted by Gasteiger charge is 2.19. The van der Waals surface area contributed by atoms with Gasteiger partial charge in [-0.15, -0.1) is 0 Å². The van der Waals surface area contributed by atoms with Gasteiger partial charge in [-0.2, -0.15) is 0 Å². The minimum absolute atomic E-state index is 0.109. The van der Waals surface area contributed by atoms with Crippen LogP contribution in [-0.2, 0) is 4.79 Å². The third-order valence-corrected chi connectivity index (χ3v) is 5.36. The van der Waals surface area contributed by atoms with Gasteiger partial charge in [0.05, 0.1) is 27.0 Å². The number of amides is 1. The van der Waals surface area contributed by atoms with Crippen LogP contribution >= 0.6 is 0 Å². The third-order valence-electron chi connectivity index (χ3n) is 5.36. The van der Waals surface area contributed by atoms with Gasteiger partial charge in [-0.1, -0.05) is 18.2 Å². The standard InChI is InChI=1S/C24H31N3O4/c1-29-21-7-5-4-6-20(21)27-16-14-26(15-17-27)13-12-25-24(28)11-9-19-8-10-22(30-2)23(18-19)31-3/h4-11,18H,12-17H2,1-3H3,(H,25,28)/b11-9+. The minimum Gasteiger partial charge on any atom is -0.495 e. The van der Waals surface area contributed by atoms with E-state index in [1.54, 1.807) is 33.5 Å².